The summed E-state index contributed by atoms with van der Waals surface area (Å²) in [6.07, 6.45) is 5.29. The minimum atomic E-state index is -0.666. The van der Waals surface area contributed by atoms with E-state index in [0.717, 1.165) is 37.9 Å². The van der Waals surface area contributed by atoms with Crippen LogP contribution in [0.2, 0.25) is 0 Å². The van der Waals surface area contributed by atoms with Crippen molar-refractivity contribution in [3.05, 3.63) is 0 Å². The molecule has 4 heteroatoms. The van der Waals surface area contributed by atoms with E-state index in [-0.39, 0.29) is 11.2 Å². The standard InChI is InChI=1S/C17H33FO2S/c1-5-7-11-20-17(19)16(13-14(3)4)21-12-9-8-10-15(18)6-2/h14-16H,5-13H2,1-4H3. The minimum Gasteiger partial charge on any atom is -0.465 e. The summed E-state index contributed by atoms with van der Waals surface area (Å²) in [7, 11) is 0. The third-order valence-corrected chi connectivity index (χ3v) is 4.68. The summed E-state index contributed by atoms with van der Waals surface area (Å²) >= 11 is 1.68. The van der Waals surface area contributed by atoms with Gasteiger partial charge in [0, 0.05) is 0 Å². The molecule has 0 N–H and O–H groups in total. The van der Waals surface area contributed by atoms with E-state index in [2.05, 4.69) is 20.8 Å². The first-order chi connectivity index (χ1) is 10.0. The molecule has 0 aromatic rings. The van der Waals surface area contributed by atoms with Gasteiger partial charge in [-0.15, -0.1) is 11.8 Å². The minimum absolute atomic E-state index is 0.0609. The van der Waals surface area contributed by atoms with E-state index in [9.17, 15) is 9.18 Å². The van der Waals surface area contributed by atoms with Crippen LogP contribution in [0.5, 0.6) is 0 Å². The van der Waals surface area contributed by atoms with E-state index in [0.29, 0.717) is 25.4 Å². The van der Waals surface area contributed by atoms with E-state index in [1.165, 1.54) is 0 Å². The number of alkyl halides is 1. The summed E-state index contributed by atoms with van der Waals surface area (Å²) < 4.78 is 18.4. The largest absolute Gasteiger partial charge is 0.465 e. The lowest BCUT2D eigenvalue weighted by Crippen LogP contribution is -2.23. The van der Waals surface area contributed by atoms with Crippen LogP contribution in [0.1, 0.15) is 72.6 Å². The molecular weight excluding hydrogens is 287 g/mol. The van der Waals surface area contributed by atoms with E-state index in [1.807, 2.05) is 6.92 Å². The highest BCUT2D eigenvalue weighted by Gasteiger charge is 2.21. The number of ether oxygens (including phenoxy) is 1. The Labute approximate surface area is 134 Å². The molecule has 126 valence electrons. The molecular formula is C17H33FO2S. The average Bonchev–Trinajstić information content (AvgIpc) is 2.45. The fourth-order valence-electron chi connectivity index (χ4n) is 1.97. The molecule has 0 spiro atoms. The van der Waals surface area contributed by atoms with Crippen molar-refractivity contribution in [3.8, 4) is 0 Å². The Morgan fingerprint density at radius 3 is 2.48 bits per heavy atom. The Balaban J connectivity index is 3.97. The predicted molar refractivity (Wildman–Crippen MR) is 90.6 cm³/mol. The summed E-state index contributed by atoms with van der Waals surface area (Å²) in [5.74, 6) is 1.33. The lowest BCUT2D eigenvalue weighted by Gasteiger charge is -2.17. The van der Waals surface area contributed by atoms with E-state index < -0.39 is 6.17 Å². The molecule has 0 aliphatic heterocycles. The van der Waals surface area contributed by atoms with E-state index >= 15 is 0 Å². The molecule has 2 atom stereocenters. The van der Waals surface area contributed by atoms with Gasteiger partial charge in [-0.1, -0.05) is 34.1 Å². The molecule has 21 heavy (non-hydrogen) atoms. The van der Waals surface area contributed by atoms with Crippen molar-refractivity contribution >= 4 is 17.7 Å². The second-order valence-corrected chi connectivity index (χ2v) is 7.32. The summed E-state index contributed by atoms with van der Waals surface area (Å²) in [6.45, 7) is 8.75. The molecule has 0 bridgehead atoms. The number of hydrogen-bond acceptors (Lipinski definition) is 3. The van der Waals surface area contributed by atoms with Crippen LogP contribution in [0.3, 0.4) is 0 Å². The Morgan fingerprint density at radius 2 is 1.90 bits per heavy atom. The molecule has 0 saturated carbocycles. The lowest BCUT2D eigenvalue weighted by molar-refractivity contribution is -0.143. The predicted octanol–water partition coefficient (Wildman–Crippen LogP) is 5.40. The van der Waals surface area contributed by atoms with Gasteiger partial charge in [0.25, 0.3) is 0 Å². The van der Waals surface area contributed by atoms with Crippen molar-refractivity contribution in [1.29, 1.82) is 0 Å². The Kier molecular flexibility index (Phi) is 13.3. The first-order valence-electron chi connectivity index (χ1n) is 8.43. The maximum Gasteiger partial charge on any atom is 0.319 e. The number of thioether (sulfide) groups is 1. The second-order valence-electron chi connectivity index (χ2n) is 6.01. The number of hydrogen-bond donors (Lipinski definition) is 0. The summed E-state index contributed by atoms with van der Waals surface area (Å²) in [6, 6.07) is 0. The van der Waals surface area contributed by atoms with Gasteiger partial charge < -0.3 is 4.74 Å². The van der Waals surface area contributed by atoms with Crippen LogP contribution in [0, 0.1) is 5.92 Å². The third-order valence-electron chi connectivity index (χ3n) is 3.36. The van der Waals surface area contributed by atoms with Gasteiger partial charge in [-0.25, -0.2) is 4.39 Å². The number of carbonyl (C=O) groups is 1. The van der Waals surface area contributed by atoms with Gasteiger partial charge >= 0.3 is 5.97 Å². The average molecular weight is 321 g/mol. The lowest BCUT2D eigenvalue weighted by atomic mass is 10.1. The molecule has 0 aliphatic carbocycles. The maximum absolute atomic E-state index is 13.1. The molecule has 0 fully saturated rings. The molecule has 0 radical (unpaired) electrons. The van der Waals surface area contributed by atoms with Crippen LogP contribution < -0.4 is 0 Å². The SMILES string of the molecule is CCCCOC(=O)C(CC(C)C)SCCCCC(F)CC. The van der Waals surface area contributed by atoms with Crippen LogP contribution in [0.25, 0.3) is 0 Å². The molecule has 0 amide bonds. The van der Waals surface area contributed by atoms with Gasteiger partial charge in [0.1, 0.15) is 5.25 Å². The summed E-state index contributed by atoms with van der Waals surface area (Å²) in [5, 5.41) is -0.0609. The van der Waals surface area contributed by atoms with Crippen molar-refractivity contribution in [2.45, 2.75) is 84.1 Å². The van der Waals surface area contributed by atoms with Gasteiger partial charge in [0.2, 0.25) is 0 Å². The third kappa shape index (κ3) is 12.0. The van der Waals surface area contributed by atoms with Gasteiger partial charge in [0.15, 0.2) is 0 Å². The fraction of sp³-hybridized carbons (Fsp3) is 0.941. The zero-order valence-corrected chi connectivity index (χ0v) is 15.0. The van der Waals surface area contributed by atoms with Crippen LogP contribution in [0.4, 0.5) is 4.39 Å². The number of rotatable bonds is 13. The van der Waals surface area contributed by atoms with Crippen LogP contribution in [0.15, 0.2) is 0 Å². The van der Waals surface area contributed by atoms with Gasteiger partial charge in [0.05, 0.1) is 12.8 Å². The highest BCUT2D eigenvalue weighted by molar-refractivity contribution is 8.00. The zero-order valence-electron chi connectivity index (χ0n) is 14.2. The molecule has 2 unspecified atom stereocenters. The molecule has 0 aromatic heterocycles. The summed E-state index contributed by atoms with van der Waals surface area (Å²) in [5.41, 5.74) is 0. The second kappa shape index (κ2) is 13.4. The number of halogens is 1. The highest BCUT2D eigenvalue weighted by Crippen LogP contribution is 2.23. The molecule has 0 heterocycles. The molecule has 0 saturated heterocycles. The normalized spacial score (nSPS) is 14.2. The highest BCUT2D eigenvalue weighted by atomic mass is 32.2. The number of unbranched alkanes of at least 4 members (excludes halogenated alkanes) is 2. The Morgan fingerprint density at radius 1 is 1.19 bits per heavy atom. The number of carbonyl (C=O) groups excluding carboxylic acids is 1. The van der Waals surface area contributed by atoms with Crippen LogP contribution in [-0.4, -0.2) is 29.8 Å². The van der Waals surface area contributed by atoms with Gasteiger partial charge in [-0.05, 0) is 50.2 Å². The zero-order chi connectivity index (χ0) is 16.1. The summed E-state index contributed by atoms with van der Waals surface area (Å²) in [4.78, 5) is 12.1. The van der Waals surface area contributed by atoms with Gasteiger partial charge in [-0.2, -0.15) is 0 Å². The monoisotopic (exact) mass is 320 g/mol. The van der Waals surface area contributed by atoms with Crippen molar-refractivity contribution in [2.75, 3.05) is 12.4 Å². The Hall–Kier alpha value is -0.250. The van der Waals surface area contributed by atoms with Crippen LogP contribution >= 0.6 is 11.8 Å². The first kappa shape index (κ1) is 20.8. The maximum atomic E-state index is 13.1. The van der Waals surface area contributed by atoms with Crippen molar-refractivity contribution in [3.63, 3.8) is 0 Å². The smallest absolute Gasteiger partial charge is 0.319 e. The van der Waals surface area contributed by atoms with E-state index in [1.54, 1.807) is 11.8 Å². The number of esters is 1. The molecule has 0 aromatic carbocycles. The van der Waals surface area contributed by atoms with Crippen LogP contribution in [-0.2, 0) is 9.53 Å². The quantitative estimate of drug-likeness (QED) is 0.336. The molecule has 0 aliphatic rings. The van der Waals surface area contributed by atoms with E-state index in [4.69, 9.17) is 4.74 Å². The molecule has 0 rings (SSSR count). The molecule has 2 nitrogen and oxygen atoms in total. The van der Waals surface area contributed by atoms with Crippen molar-refractivity contribution in [1.82, 2.24) is 0 Å². The van der Waals surface area contributed by atoms with Crippen molar-refractivity contribution in [2.24, 2.45) is 5.92 Å². The first-order valence-corrected chi connectivity index (χ1v) is 9.48. The fourth-order valence-corrected chi connectivity index (χ4v) is 3.35. The van der Waals surface area contributed by atoms with Crippen molar-refractivity contribution < 1.29 is 13.9 Å². The Bertz CT molecular complexity index is 259. The van der Waals surface area contributed by atoms with Gasteiger partial charge in [-0.3, -0.25) is 4.79 Å². The topological polar surface area (TPSA) is 26.3 Å².